The minimum Gasteiger partial charge on any atom is -0.458 e. The van der Waals surface area contributed by atoms with Crippen LogP contribution in [0.5, 0.6) is 0 Å². The molecule has 0 spiro atoms. The Hall–Kier alpha value is -4.32. The highest BCUT2D eigenvalue weighted by atomic mass is 16.6. The number of nitrogens with one attached hydrogen (secondary N) is 2. The van der Waals surface area contributed by atoms with Gasteiger partial charge < -0.3 is 25.0 Å². The summed E-state index contributed by atoms with van der Waals surface area (Å²) in [6.07, 6.45) is 10.5. The standard InChI is InChI=1S/C41H59N3O6/c1-11-14-15-16-22-27-44(37(46)34(29(4)12-2)43-39(48)50-41(8,9)10)35(32-26-21-20-25-31(32)13-3)36(45)42-33(38(47)49-40(5,6)7)28-30-23-18-17-19-24-30/h3,17-21,23-26,29,33-35H,11-12,14-16,22,27-28H2,1-2,4-10H3,(H,42,45)(H,43,48). The second kappa shape index (κ2) is 19.8. The average Bonchev–Trinajstić information content (AvgIpc) is 3.04. The molecule has 50 heavy (non-hydrogen) atoms. The van der Waals surface area contributed by atoms with E-state index in [9.17, 15) is 19.2 Å². The number of esters is 1. The van der Waals surface area contributed by atoms with E-state index in [0.717, 1.165) is 31.2 Å². The number of carbonyl (C=O) groups excluding carboxylic acids is 4. The van der Waals surface area contributed by atoms with Crippen molar-refractivity contribution in [1.82, 2.24) is 15.5 Å². The zero-order valence-corrected chi connectivity index (χ0v) is 31.6. The maximum atomic E-state index is 14.8. The van der Waals surface area contributed by atoms with E-state index in [1.165, 1.54) is 4.90 Å². The van der Waals surface area contributed by atoms with Gasteiger partial charge in [-0.05, 0) is 71.1 Å². The Bertz CT molecular complexity index is 1440. The molecule has 2 aromatic carbocycles. The van der Waals surface area contributed by atoms with E-state index in [2.05, 4.69) is 23.5 Å². The lowest BCUT2D eigenvalue weighted by atomic mass is 9.93. The van der Waals surface area contributed by atoms with E-state index in [1.54, 1.807) is 65.8 Å². The molecule has 0 radical (unpaired) electrons. The summed E-state index contributed by atoms with van der Waals surface area (Å²) < 4.78 is 11.3. The van der Waals surface area contributed by atoms with Crippen molar-refractivity contribution in [2.45, 2.75) is 137 Å². The number of alkyl carbamates (subject to hydrolysis) is 1. The predicted molar refractivity (Wildman–Crippen MR) is 198 cm³/mol. The van der Waals surface area contributed by atoms with Crippen molar-refractivity contribution in [3.8, 4) is 12.3 Å². The third-order valence-electron chi connectivity index (χ3n) is 8.20. The largest absolute Gasteiger partial charge is 0.458 e. The molecule has 0 aromatic heterocycles. The molecule has 2 aromatic rings. The van der Waals surface area contributed by atoms with Gasteiger partial charge in [-0.2, -0.15) is 0 Å². The first-order valence-corrected chi connectivity index (χ1v) is 17.9. The fourth-order valence-corrected chi connectivity index (χ4v) is 5.53. The average molecular weight is 690 g/mol. The molecule has 0 bridgehead atoms. The fourth-order valence-electron chi connectivity index (χ4n) is 5.53. The summed E-state index contributed by atoms with van der Waals surface area (Å²) in [6, 6.07) is 13.1. The minimum absolute atomic E-state index is 0.172. The van der Waals surface area contributed by atoms with Crippen LogP contribution >= 0.6 is 0 Å². The zero-order chi connectivity index (χ0) is 37.5. The second-order valence-electron chi connectivity index (χ2n) is 14.9. The smallest absolute Gasteiger partial charge is 0.408 e. The first-order valence-electron chi connectivity index (χ1n) is 17.9. The van der Waals surface area contributed by atoms with Gasteiger partial charge in [0.1, 0.15) is 29.3 Å². The summed E-state index contributed by atoms with van der Waals surface area (Å²) in [4.78, 5) is 57.8. The molecule has 2 N–H and O–H groups in total. The number of hydrogen-bond acceptors (Lipinski definition) is 6. The molecule has 0 saturated heterocycles. The molecule has 0 aliphatic heterocycles. The monoisotopic (exact) mass is 689 g/mol. The number of benzene rings is 2. The Morgan fingerprint density at radius 2 is 1.42 bits per heavy atom. The number of amides is 3. The maximum absolute atomic E-state index is 14.8. The van der Waals surface area contributed by atoms with Crippen LogP contribution in [0, 0.1) is 18.3 Å². The van der Waals surface area contributed by atoms with Gasteiger partial charge in [-0.3, -0.25) is 9.59 Å². The number of hydrogen-bond donors (Lipinski definition) is 2. The van der Waals surface area contributed by atoms with Crippen molar-refractivity contribution in [3.05, 3.63) is 71.3 Å². The normalized spacial score (nSPS) is 13.9. The number of nitrogens with zero attached hydrogens (tertiary/aromatic N) is 1. The molecule has 2 rings (SSSR count). The summed E-state index contributed by atoms with van der Waals surface area (Å²) in [5, 5.41) is 5.76. The van der Waals surface area contributed by atoms with Crippen molar-refractivity contribution in [3.63, 3.8) is 0 Å². The third kappa shape index (κ3) is 13.9. The van der Waals surface area contributed by atoms with Gasteiger partial charge in [0.2, 0.25) is 11.8 Å². The van der Waals surface area contributed by atoms with Crippen molar-refractivity contribution >= 4 is 23.9 Å². The van der Waals surface area contributed by atoms with E-state index in [-0.39, 0.29) is 18.9 Å². The number of terminal acetylenes is 1. The predicted octanol–water partition coefficient (Wildman–Crippen LogP) is 7.52. The van der Waals surface area contributed by atoms with Gasteiger partial charge in [-0.15, -0.1) is 6.42 Å². The van der Waals surface area contributed by atoms with Crippen LogP contribution in [0.25, 0.3) is 0 Å². The van der Waals surface area contributed by atoms with Crippen LogP contribution in [0.4, 0.5) is 4.79 Å². The first-order chi connectivity index (χ1) is 23.5. The van der Waals surface area contributed by atoms with Crippen LogP contribution in [0.3, 0.4) is 0 Å². The quantitative estimate of drug-likeness (QED) is 0.101. The summed E-state index contributed by atoms with van der Waals surface area (Å²) in [5.74, 6) is 0.764. The lowest BCUT2D eigenvalue weighted by Gasteiger charge is -2.37. The zero-order valence-electron chi connectivity index (χ0n) is 31.6. The van der Waals surface area contributed by atoms with E-state index in [4.69, 9.17) is 15.9 Å². The van der Waals surface area contributed by atoms with Crippen molar-refractivity contribution in [1.29, 1.82) is 0 Å². The summed E-state index contributed by atoms with van der Waals surface area (Å²) in [6.45, 7) is 16.7. The Morgan fingerprint density at radius 3 is 2.00 bits per heavy atom. The van der Waals surface area contributed by atoms with Crippen molar-refractivity contribution in [2.24, 2.45) is 5.92 Å². The van der Waals surface area contributed by atoms with E-state index in [0.29, 0.717) is 24.0 Å². The number of carbonyl (C=O) groups is 4. The van der Waals surface area contributed by atoms with Gasteiger partial charge in [-0.1, -0.05) is 107 Å². The molecule has 3 amide bonds. The van der Waals surface area contributed by atoms with E-state index >= 15 is 0 Å². The SMILES string of the molecule is C#Cc1ccccc1C(C(=O)NC(Cc1ccccc1)C(=O)OC(C)(C)C)N(CCCCCCC)C(=O)C(NC(=O)OC(C)(C)C)C(C)CC. The Kier molecular flexibility index (Phi) is 16.5. The molecule has 4 unspecified atom stereocenters. The second-order valence-corrected chi connectivity index (χ2v) is 14.9. The summed E-state index contributed by atoms with van der Waals surface area (Å²) in [5.41, 5.74) is 0.122. The van der Waals surface area contributed by atoms with E-state index < -0.39 is 53.2 Å². The van der Waals surface area contributed by atoms with Crippen LogP contribution in [0.15, 0.2) is 54.6 Å². The molecular formula is C41H59N3O6. The molecule has 0 fully saturated rings. The Labute approximate surface area is 300 Å². The van der Waals surface area contributed by atoms with Gasteiger partial charge >= 0.3 is 12.1 Å². The van der Waals surface area contributed by atoms with Crippen LogP contribution in [0.2, 0.25) is 0 Å². The molecule has 0 aliphatic carbocycles. The topological polar surface area (TPSA) is 114 Å². The highest BCUT2D eigenvalue weighted by Gasteiger charge is 2.40. The van der Waals surface area contributed by atoms with Gasteiger partial charge in [0.25, 0.3) is 0 Å². The van der Waals surface area contributed by atoms with Crippen LogP contribution in [0.1, 0.15) is 124 Å². The van der Waals surface area contributed by atoms with Gasteiger partial charge in [0, 0.05) is 18.5 Å². The molecule has 4 atom stereocenters. The van der Waals surface area contributed by atoms with Crippen LogP contribution in [-0.4, -0.2) is 58.6 Å². The highest BCUT2D eigenvalue weighted by molar-refractivity contribution is 5.94. The molecule has 0 saturated carbocycles. The van der Waals surface area contributed by atoms with Crippen LogP contribution < -0.4 is 10.6 Å². The number of rotatable bonds is 17. The van der Waals surface area contributed by atoms with Crippen LogP contribution in [-0.2, 0) is 30.3 Å². The van der Waals surface area contributed by atoms with E-state index in [1.807, 2.05) is 44.2 Å². The lowest BCUT2D eigenvalue weighted by Crippen LogP contribution is -2.56. The third-order valence-corrected chi connectivity index (χ3v) is 8.20. The molecule has 9 nitrogen and oxygen atoms in total. The van der Waals surface area contributed by atoms with Crippen molar-refractivity contribution < 1.29 is 28.7 Å². The summed E-state index contributed by atoms with van der Waals surface area (Å²) >= 11 is 0. The Balaban J connectivity index is 2.71. The molecule has 0 aliphatic rings. The lowest BCUT2D eigenvalue weighted by molar-refractivity contribution is -0.159. The number of ether oxygens (including phenoxy) is 2. The Morgan fingerprint density at radius 1 is 0.820 bits per heavy atom. The first kappa shape index (κ1) is 41.8. The van der Waals surface area contributed by atoms with Gasteiger partial charge in [0.15, 0.2) is 0 Å². The number of unbranched alkanes of at least 4 members (excludes halogenated alkanes) is 4. The van der Waals surface area contributed by atoms with Gasteiger partial charge in [-0.25, -0.2) is 9.59 Å². The minimum atomic E-state index is -1.21. The fraction of sp³-hybridized carbons (Fsp3) is 0.561. The van der Waals surface area contributed by atoms with Gasteiger partial charge in [0.05, 0.1) is 0 Å². The highest BCUT2D eigenvalue weighted by Crippen LogP contribution is 2.28. The summed E-state index contributed by atoms with van der Waals surface area (Å²) in [7, 11) is 0. The maximum Gasteiger partial charge on any atom is 0.408 e. The molecule has 0 heterocycles. The van der Waals surface area contributed by atoms with Crippen molar-refractivity contribution in [2.75, 3.05) is 6.54 Å². The molecule has 274 valence electrons. The molecular weight excluding hydrogens is 630 g/mol. The molecule has 9 heteroatoms.